The number of piperazine rings is 1. The zero-order valence-corrected chi connectivity index (χ0v) is 18.5. The molecule has 6 fully saturated rings. The van der Waals surface area contributed by atoms with Crippen molar-refractivity contribution in [3.8, 4) is 0 Å². The number of nitrogens with zero attached hydrogens (tertiary/aromatic N) is 2. The van der Waals surface area contributed by atoms with Crippen LogP contribution in [-0.4, -0.2) is 78.5 Å². The Hall–Kier alpha value is -1.83. The zero-order valence-electron chi connectivity index (χ0n) is 18.5. The highest BCUT2D eigenvalue weighted by molar-refractivity contribution is 5.79. The molecule has 4 bridgehead atoms. The quantitative estimate of drug-likeness (QED) is 0.562. The highest BCUT2D eigenvalue weighted by atomic mass is 16.2. The van der Waals surface area contributed by atoms with Crippen molar-refractivity contribution >= 4 is 17.8 Å². The first kappa shape index (κ1) is 21.0. The smallest absolute Gasteiger partial charge is 0.315 e. The Labute approximate surface area is 184 Å². The van der Waals surface area contributed by atoms with Crippen LogP contribution in [0.3, 0.4) is 0 Å². The van der Waals surface area contributed by atoms with E-state index < -0.39 is 0 Å². The van der Waals surface area contributed by atoms with E-state index in [-0.39, 0.29) is 23.4 Å². The normalized spacial score (nSPS) is 34.5. The molecule has 172 valence electrons. The van der Waals surface area contributed by atoms with Gasteiger partial charge in [0.15, 0.2) is 0 Å². The van der Waals surface area contributed by atoms with E-state index in [9.17, 15) is 14.4 Å². The van der Waals surface area contributed by atoms with Crippen LogP contribution in [0.25, 0.3) is 0 Å². The average Bonchev–Trinajstić information content (AvgIpc) is 3.50. The molecule has 0 aromatic carbocycles. The van der Waals surface area contributed by atoms with E-state index in [4.69, 9.17) is 0 Å². The maximum Gasteiger partial charge on any atom is 0.315 e. The second-order valence-corrected chi connectivity index (χ2v) is 10.8. The number of amides is 4. The molecule has 4 amide bonds. The van der Waals surface area contributed by atoms with E-state index in [0.29, 0.717) is 38.6 Å². The lowest BCUT2D eigenvalue weighted by Gasteiger charge is -2.56. The van der Waals surface area contributed by atoms with E-state index in [1.54, 1.807) is 0 Å². The Morgan fingerprint density at radius 2 is 1.48 bits per heavy atom. The molecule has 3 N–H and O–H groups in total. The molecule has 0 unspecified atom stereocenters. The number of carbonyl (C=O) groups is 3. The van der Waals surface area contributed by atoms with Crippen molar-refractivity contribution in [3.63, 3.8) is 0 Å². The number of urea groups is 1. The Bertz CT molecular complexity index is 679. The summed E-state index contributed by atoms with van der Waals surface area (Å²) in [7, 11) is 0. The van der Waals surface area contributed by atoms with Gasteiger partial charge < -0.3 is 20.9 Å². The summed E-state index contributed by atoms with van der Waals surface area (Å²) in [6.45, 7) is 3.54. The number of hydrogen-bond donors (Lipinski definition) is 3. The lowest BCUT2D eigenvalue weighted by Crippen LogP contribution is -2.61. The molecule has 1 aliphatic heterocycles. The van der Waals surface area contributed by atoms with Crippen LogP contribution in [0.5, 0.6) is 0 Å². The van der Waals surface area contributed by atoms with E-state index in [1.165, 1.54) is 19.3 Å². The number of hydrogen-bond acceptors (Lipinski definition) is 4. The molecule has 0 aromatic heterocycles. The monoisotopic (exact) mass is 431 g/mol. The fourth-order valence-corrected chi connectivity index (χ4v) is 6.85. The molecule has 31 heavy (non-hydrogen) atoms. The van der Waals surface area contributed by atoms with Crippen LogP contribution in [-0.2, 0) is 9.59 Å². The van der Waals surface area contributed by atoms with Crippen LogP contribution < -0.4 is 16.0 Å². The summed E-state index contributed by atoms with van der Waals surface area (Å²) in [6.07, 6.45) is 10.00. The Morgan fingerprint density at radius 1 is 0.871 bits per heavy atom. The molecule has 8 nitrogen and oxygen atoms in total. The van der Waals surface area contributed by atoms with Gasteiger partial charge in [0.1, 0.15) is 0 Å². The number of carbonyl (C=O) groups excluding carboxylic acids is 3. The molecule has 0 atom stereocenters. The predicted molar refractivity (Wildman–Crippen MR) is 116 cm³/mol. The van der Waals surface area contributed by atoms with Crippen LogP contribution in [0.15, 0.2) is 0 Å². The van der Waals surface area contributed by atoms with E-state index in [2.05, 4.69) is 20.9 Å². The van der Waals surface area contributed by atoms with E-state index >= 15 is 0 Å². The second kappa shape index (κ2) is 8.60. The lowest BCUT2D eigenvalue weighted by molar-refractivity contribution is -0.133. The molecule has 0 spiro atoms. The molecule has 1 heterocycles. The summed E-state index contributed by atoms with van der Waals surface area (Å²) in [6, 6.07) is 0.282. The highest BCUT2D eigenvalue weighted by Gasteiger charge is 2.51. The summed E-state index contributed by atoms with van der Waals surface area (Å²) < 4.78 is 0. The highest BCUT2D eigenvalue weighted by Crippen LogP contribution is 2.55. The Kier molecular flexibility index (Phi) is 5.84. The topological polar surface area (TPSA) is 93.8 Å². The average molecular weight is 432 g/mol. The van der Waals surface area contributed by atoms with Crippen LogP contribution in [0.2, 0.25) is 0 Å². The summed E-state index contributed by atoms with van der Waals surface area (Å²) in [4.78, 5) is 40.9. The third-order valence-electron chi connectivity index (χ3n) is 8.08. The Balaban J connectivity index is 0.985. The number of nitrogens with one attached hydrogen (secondary N) is 3. The van der Waals surface area contributed by atoms with Gasteiger partial charge in [0.05, 0.1) is 6.54 Å². The SMILES string of the molecule is O=C(CN1CCN(C(=O)CCNC(=O)NC23CC4CC(CC(C4)C2)C3)CC1)NC1CC1. The van der Waals surface area contributed by atoms with Gasteiger partial charge in [-0.1, -0.05) is 0 Å². The first-order chi connectivity index (χ1) is 15.0. The molecule has 0 radical (unpaired) electrons. The largest absolute Gasteiger partial charge is 0.352 e. The van der Waals surface area contributed by atoms with Crippen LogP contribution in [0.1, 0.15) is 57.8 Å². The van der Waals surface area contributed by atoms with Crippen molar-refractivity contribution in [1.29, 1.82) is 0 Å². The maximum absolute atomic E-state index is 12.5. The molecule has 8 heteroatoms. The van der Waals surface area contributed by atoms with Crippen molar-refractivity contribution in [3.05, 3.63) is 0 Å². The van der Waals surface area contributed by atoms with Gasteiger partial charge in [-0.25, -0.2) is 4.79 Å². The molecule has 6 aliphatic rings. The summed E-state index contributed by atoms with van der Waals surface area (Å²) in [5.74, 6) is 2.57. The molecule has 5 aliphatic carbocycles. The lowest BCUT2D eigenvalue weighted by atomic mass is 9.53. The molecule has 1 saturated heterocycles. The molecular formula is C23H37N5O3. The second-order valence-electron chi connectivity index (χ2n) is 10.8. The fourth-order valence-electron chi connectivity index (χ4n) is 6.85. The van der Waals surface area contributed by atoms with Crippen LogP contribution >= 0.6 is 0 Å². The van der Waals surface area contributed by atoms with Gasteiger partial charge in [-0.15, -0.1) is 0 Å². The van der Waals surface area contributed by atoms with Crippen molar-refractivity contribution in [1.82, 2.24) is 25.8 Å². The molecule has 6 rings (SSSR count). The first-order valence-corrected chi connectivity index (χ1v) is 12.3. The van der Waals surface area contributed by atoms with Crippen molar-refractivity contribution in [2.45, 2.75) is 69.4 Å². The minimum Gasteiger partial charge on any atom is -0.352 e. The van der Waals surface area contributed by atoms with Gasteiger partial charge in [-0.2, -0.15) is 0 Å². The summed E-state index contributed by atoms with van der Waals surface area (Å²) in [5.41, 5.74) is 0.00493. The summed E-state index contributed by atoms with van der Waals surface area (Å²) in [5, 5.41) is 9.24. The third-order valence-corrected chi connectivity index (χ3v) is 8.08. The van der Waals surface area contributed by atoms with Crippen molar-refractivity contribution in [2.24, 2.45) is 17.8 Å². The van der Waals surface area contributed by atoms with Gasteiger partial charge in [0.25, 0.3) is 0 Å². The molecular weight excluding hydrogens is 394 g/mol. The zero-order chi connectivity index (χ0) is 21.4. The fraction of sp³-hybridized carbons (Fsp3) is 0.870. The van der Waals surface area contributed by atoms with E-state index in [1.807, 2.05) is 4.90 Å². The van der Waals surface area contributed by atoms with Crippen molar-refractivity contribution in [2.75, 3.05) is 39.3 Å². The van der Waals surface area contributed by atoms with Gasteiger partial charge >= 0.3 is 6.03 Å². The van der Waals surface area contributed by atoms with Gasteiger partial charge in [0, 0.05) is 50.7 Å². The minimum absolute atomic E-state index is 0.00493. The third kappa shape index (κ3) is 5.16. The van der Waals surface area contributed by atoms with Gasteiger partial charge in [0.2, 0.25) is 11.8 Å². The van der Waals surface area contributed by atoms with E-state index in [0.717, 1.165) is 62.9 Å². The van der Waals surface area contributed by atoms with Crippen molar-refractivity contribution < 1.29 is 14.4 Å². The first-order valence-electron chi connectivity index (χ1n) is 12.3. The van der Waals surface area contributed by atoms with Crippen LogP contribution in [0.4, 0.5) is 4.79 Å². The number of rotatable bonds is 7. The minimum atomic E-state index is -0.110. The Morgan fingerprint density at radius 3 is 2.06 bits per heavy atom. The molecule has 5 saturated carbocycles. The molecule has 0 aromatic rings. The van der Waals surface area contributed by atoms with Crippen LogP contribution in [0, 0.1) is 17.8 Å². The maximum atomic E-state index is 12.5. The standard InChI is InChI=1S/C23H37N5O3/c29-20(25-19-1-2-19)15-27-5-7-28(8-6-27)21(30)3-4-24-22(31)26-23-12-16-9-17(13-23)11-18(10-16)14-23/h16-19H,1-15H2,(H,25,29)(H2,24,26,31). The van der Waals surface area contributed by atoms with Gasteiger partial charge in [-0.05, 0) is 69.1 Å². The predicted octanol–water partition coefficient (Wildman–Crippen LogP) is 1.07. The van der Waals surface area contributed by atoms with Gasteiger partial charge in [-0.3, -0.25) is 14.5 Å². The summed E-state index contributed by atoms with van der Waals surface area (Å²) >= 11 is 0.